The average Bonchev–Trinajstić information content (AvgIpc) is 2.48. The highest BCUT2D eigenvalue weighted by atomic mass is 15.5. The third kappa shape index (κ3) is 3.73. The molecule has 116 valence electrons. The zero-order chi connectivity index (χ0) is 15.4. The molecular formula is C16H27N5. The van der Waals surface area contributed by atoms with Gasteiger partial charge < -0.3 is 11.1 Å². The first kappa shape index (κ1) is 15.8. The number of hydrogen-bond donors (Lipinski definition) is 2. The summed E-state index contributed by atoms with van der Waals surface area (Å²) >= 11 is 0. The van der Waals surface area contributed by atoms with Gasteiger partial charge in [0.2, 0.25) is 0 Å². The fourth-order valence-corrected chi connectivity index (χ4v) is 2.72. The van der Waals surface area contributed by atoms with Gasteiger partial charge in [0.15, 0.2) is 5.84 Å². The summed E-state index contributed by atoms with van der Waals surface area (Å²) in [7, 11) is 0. The molecular weight excluding hydrogens is 262 g/mol. The van der Waals surface area contributed by atoms with E-state index >= 15 is 0 Å². The second kappa shape index (κ2) is 6.89. The number of nitrogens with two attached hydrogens (primary N) is 1. The normalized spacial score (nSPS) is 30.5. The fourth-order valence-electron chi connectivity index (χ4n) is 2.72. The van der Waals surface area contributed by atoms with Crippen molar-refractivity contribution in [3.63, 3.8) is 0 Å². The first-order chi connectivity index (χ1) is 10.0. The number of nitrogens with one attached hydrogen (secondary N) is 1. The molecule has 5 nitrogen and oxygen atoms in total. The van der Waals surface area contributed by atoms with Crippen LogP contribution in [0.25, 0.3) is 0 Å². The molecule has 0 bridgehead atoms. The highest BCUT2D eigenvalue weighted by Crippen LogP contribution is 2.23. The van der Waals surface area contributed by atoms with Crippen LogP contribution < -0.4 is 11.1 Å². The third-order valence-corrected chi connectivity index (χ3v) is 4.10. The van der Waals surface area contributed by atoms with Crippen molar-refractivity contribution in [2.24, 2.45) is 21.7 Å². The van der Waals surface area contributed by atoms with Crippen molar-refractivity contribution >= 4 is 12.6 Å². The molecule has 0 aromatic carbocycles. The molecule has 1 saturated carbocycles. The van der Waals surface area contributed by atoms with Crippen LogP contribution in [-0.2, 0) is 0 Å². The Labute approximate surface area is 127 Å². The van der Waals surface area contributed by atoms with Gasteiger partial charge >= 0.3 is 0 Å². The predicted molar refractivity (Wildman–Crippen MR) is 88.9 cm³/mol. The second-order valence-electron chi connectivity index (χ2n) is 6.06. The molecule has 21 heavy (non-hydrogen) atoms. The van der Waals surface area contributed by atoms with Crippen molar-refractivity contribution in [2.75, 3.05) is 0 Å². The van der Waals surface area contributed by atoms with Gasteiger partial charge in [0.1, 0.15) is 5.82 Å². The van der Waals surface area contributed by atoms with Crippen LogP contribution in [0.1, 0.15) is 46.5 Å². The lowest BCUT2D eigenvalue weighted by Gasteiger charge is -2.32. The lowest BCUT2D eigenvalue weighted by molar-refractivity contribution is 0.390. The minimum Gasteiger partial charge on any atom is -0.344 e. The van der Waals surface area contributed by atoms with Crippen molar-refractivity contribution in [1.82, 2.24) is 10.3 Å². The Kier molecular flexibility index (Phi) is 5.17. The zero-order valence-electron chi connectivity index (χ0n) is 13.3. The highest BCUT2D eigenvalue weighted by molar-refractivity contribution is 5.96. The number of nitrogens with zero attached hydrogens (tertiary/aromatic N) is 3. The van der Waals surface area contributed by atoms with Gasteiger partial charge in [-0.1, -0.05) is 13.8 Å². The van der Waals surface area contributed by atoms with Crippen molar-refractivity contribution in [1.29, 1.82) is 0 Å². The number of rotatable bonds is 3. The van der Waals surface area contributed by atoms with Crippen LogP contribution >= 0.6 is 0 Å². The second-order valence-corrected chi connectivity index (χ2v) is 6.06. The maximum absolute atomic E-state index is 5.97. The van der Waals surface area contributed by atoms with Crippen LogP contribution in [0.4, 0.5) is 0 Å². The molecule has 0 unspecified atom stereocenters. The number of allylic oxidation sites excluding steroid dienone is 2. The van der Waals surface area contributed by atoms with Crippen molar-refractivity contribution in [2.45, 2.75) is 58.5 Å². The van der Waals surface area contributed by atoms with E-state index in [9.17, 15) is 0 Å². The van der Waals surface area contributed by atoms with Gasteiger partial charge in [0.25, 0.3) is 0 Å². The van der Waals surface area contributed by atoms with Crippen molar-refractivity contribution in [3.05, 3.63) is 23.7 Å². The third-order valence-electron chi connectivity index (χ3n) is 4.10. The molecule has 0 aromatic rings. The maximum Gasteiger partial charge on any atom is 0.153 e. The van der Waals surface area contributed by atoms with E-state index in [1.807, 2.05) is 13.0 Å². The van der Waals surface area contributed by atoms with Crippen LogP contribution in [0.15, 0.2) is 33.8 Å². The Balaban J connectivity index is 2.27. The lowest BCUT2D eigenvalue weighted by Crippen LogP contribution is -2.39. The van der Waals surface area contributed by atoms with E-state index in [-0.39, 0.29) is 0 Å². The van der Waals surface area contributed by atoms with E-state index in [1.165, 1.54) is 0 Å². The van der Waals surface area contributed by atoms with Crippen LogP contribution in [-0.4, -0.2) is 29.6 Å². The summed E-state index contributed by atoms with van der Waals surface area (Å²) in [6, 6.07) is 0.681. The Hall–Kier alpha value is -1.62. The minimum absolute atomic E-state index is 0.338. The molecule has 0 atom stereocenters. The van der Waals surface area contributed by atoms with Crippen LogP contribution in [0.2, 0.25) is 0 Å². The molecule has 1 aliphatic heterocycles. The molecule has 1 heterocycles. The van der Waals surface area contributed by atoms with E-state index in [4.69, 9.17) is 10.7 Å². The number of amidine groups is 1. The van der Waals surface area contributed by atoms with E-state index in [0.29, 0.717) is 18.0 Å². The number of hydrazone groups is 1. The largest absolute Gasteiger partial charge is 0.344 e. The van der Waals surface area contributed by atoms with Gasteiger partial charge in [-0.3, -0.25) is 4.99 Å². The molecule has 0 saturated heterocycles. The van der Waals surface area contributed by atoms with E-state index < -0.39 is 0 Å². The topological polar surface area (TPSA) is 66.0 Å². The van der Waals surface area contributed by atoms with Crippen LogP contribution in [0.3, 0.4) is 0 Å². The van der Waals surface area contributed by atoms with Crippen LogP contribution in [0.5, 0.6) is 0 Å². The molecule has 3 N–H and O–H groups in total. The van der Waals surface area contributed by atoms with Crippen molar-refractivity contribution < 1.29 is 0 Å². The van der Waals surface area contributed by atoms with E-state index in [2.05, 4.69) is 37.1 Å². The highest BCUT2D eigenvalue weighted by Gasteiger charge is 2.24. The summed E-state index contributed by atoms with van der Waals surface area (Å²) in [5.74, 6) is 2.21. The Morgan fingerprint density at radius 1 is 1.38 bits per heavy atom. The average molecular weight is 289 g/mol. The molecule has 5 heteroatoms. The Morgan fingerprint density at radius 2 is 2.05 bits per heavy atom. The first-order valence-corrected chi connectivity index (χ1v) is 7.80. The quantitative estimate of drug-likeness (QED) is 0.785. The van der Waals surface area contributed by atoms with Gasteiger partial charge in [-0.25, -0.2) is 5.01 Å². The first-order valence-electron chi connectivity index (χ1n) is 7.80. The zero-order valence-corrected chi connectivity index (χ0v) is 13.3. The number of hydrogen-bond acceptors (Lipinski definition) is 4. The van der Waals surface area contributed by atoms with Gasteiger partial charge in [-0.15, -0.1) is 0 Å². The molecule has 1 aliphatic carbocycles. The summed E-state index contributed by atoms with van der Waals surface area (Å²) < 4.78 is 0. The summed E-state index contributed by atoms with van der Waals surface area (Å²) in [5.41, 5.74) is 7.13. The molecule has 2 rings (SSSR count). The molecule has 0 spiro atoms. The van der Waals surface area contributed by atoms with Crippen LogP contribution in [0, 0.1) is 5.92 Å². The SMILES string of the molecule is C=NN1C(=NC2CCC(N)CC2)C=C(C(C)C)N/C1=C/C. The number of aliphatic imine (C=N–C) groups is 1. The summed E-state index contributed by atoms with van der Waals surface area (Å²) in [4.78, 5) is 4.91. The fraction of sp³-hybridized carbons (Fsp3) is 0.625. The molecule has 0 radical (unpaired) electrons. The van der Waals surface area contributed by atoms with E-state index in [0.717, 1.165) is 43.0 Å². The molecule has 1 fully saturated rings. The molecule has 0 aromatic heterocycles. The standard InChI is InChI=1S/C16H27N5/c1-5-15-20-14(11(2)3)10-16(21(15)18-4)19-13-8-6-12(17)7-9-13/h5,10-13,20H,4,6-9,17H2,1-3H3/b15-5-,19-16?. The Morgan fingerprint density at radius 3 is 2.57 bits per heavy atom. The lowest BCUT2D eigenvalue weighted by atomic mass is 9.92. The van der Waals surface area contributed by atoms with E-state index in [1.54, 1.807) is 5.01 Å². The summed E-state index contributed by atoms with van der Waals surface area (Å²) in [6.45, 7) is 9.99. The summed E-state index contributed by atoms with van der Waals surface area (Å²) in [6.07, 6.45) is 8.30. The monoisotopic (exact) mass is 289 g/mol. The Bertz CT molecular complexity index is 467. The van der Waals surface area contributed by atoms with Gasteiger partial charge in [0.05, 0.1) is 6.04 Å². The molecule has 0 amide bonds. The van der Waals surface area contributed by atoms with Gasteiger partial charge in [-0.05, 0) is 44.6 Å². The predicted octanol–water partition coefficient (Wildman–Crippen LogP) is 2.58. The van der Waals surface area contributed by atoms with Gasteiger partial charge in [0, 0.05) is 24.5 Å². The van der Waals surface area contributed by atoms with Gasteiger partial charge in [-0.2, -0.15) is 5.10 Å². The maximum atomic E-state index is 5.97. The van der Waals surface area contributed by atoms with Crippen molar-refractivity contribution in [3.8, 4) is 0 Å². The minimum atomic E-state index is 0.338. The smallest absolute Gasteiger partial charge is 0.153 e. The summed E-state index contributed by atoms with van der Waals surface area (Å²) in [5, 5.41) is 9.28. The molecule has 2 aliphatic rings.